The van der Waals surface area contributed by atoms with Gasteiger partial charge in [-0.15, -0.1) is 0 Å². The van der Waals surface area contributed by atoms with E-state index >= 15 is 0 Å². The van der Waals surface area contributed by atoms with Crippen molar-refractivity contribution in [2.75, 3.05) is 13.2 Å². The van der Waals surface area contributed by atoms with E-state index in [2.05, 4.69) is 31.3 Å². The number of carbonyl (C=O) groups excluding carboxylic acids is 2. The first-order valence-electron chi connectivity index (χ1n) is 33.1. The van der Waals surface area contributed by atoms with Crippen LogP contribution in [0.15, 0.2) is 24.3 Å². The number of ether oxygens (including phenoxy) is 1. The van der Waals surface area contributed by atoms with Gasteiger partial charge >= 0.3 is 5.97 Å². The minimum absolute atomic E-state index is 0.0150. The van der Waals surface area contributed by atoms with E-state index in [1.54, 1.807) is 6.08 Å². The third-order valence-corrected chi connectivity index (χ3v) is 15.5. The predicted molar refractivity (Wildman–Crippen MR) is 320 cm³/mol. The van der Waals surface area contributed by atoms with Gasteiger partial charge in [-0.3, -0.25) is 9.59 Å². The molecule has 0 aliphatic rings. The maximum absolute atomic E-state index is 12.5. The topological polar surface area (TPSA) is 95.9 Å². The summed E-state index contributed by atoms with van der Waals surface area (Å²) >= 11 is 0. The maximum Gasteiger partial charge on any atom is 0.305 e. The van der Waals surface area contributed by atoms with Gasteiger partial charge in [0, 0.05) is 12.8 Å². The summed E-state index contributed by atoms with van der Waals surface area (Å²) in [6.07, 6.45) is 78.0. The molecule has 73 heavy (non-hydrogen) atoms. The highest BCUT2D eigenvalue weighted by Crippen LogP contribution is 2.18. The lowest BCUT2D eigenvalue weighted by molar-refractivity contribution is -0.143. The van der Waals surface area contributed by atoms with E-state index in [0.717, 1.165) is 44.9 Å². The first-order valence-corrected chi connectivity index (χ1v) is 33.1. The Morgan fingerprint density at radius 1 is 0.370 bits per heavy atom. The van der Waals surface area contributed by atoms with Crippen molar-refractivity contribution in [3.05, 3.63) is 24.3 Å². The number of hydrogen-bond donors (Lipinski definition) is 3. The van der Waals surface area contributed by atoms with Crippen molar-refractivity contribution >= 4 is 11.9 Å². The molecule has 0 spiro atoms. The van der Waals surface area contributed by atoms with Gasteiger partial charge in [0.05, 0.1) is 25.4 Å². The van der Waals surface area contributed by atoms with Crippen LogP contribution in [-0.4, -0.2) is 47.4 Å². The van der Waals surface area contributed by atoms with Crippen LogP contribution in [0.3, 0.4) is 0 Å². The van der Waals surface area contributed by atoms with Gasteiger partial charge in [-0.2, -0.15) is 0 Å². The molecule has 0 fully saturated rings. The average Bonchev–Trinajstić information content (AvgIpc) is 3.39. The Balaban J connectivity index is 3.42. The molecule has 6 heteroatoms. The molecule has 0 saturated heterocycles. The zero-order valence-electron chi connectivity index (χ0n) is 49.4. The van der Waals surface area contributed by atoms with Crippen molar-refractivity contribution in [2.45, 2.75) is 379 Å². The molecular formula is C67H129NO5. The second-order valence-corrected chi connectivity index (χ2v) is 22.8. The molecule has 0 aromatic heterocycles. The van der Waals surface area contributed by atoms with Crippen LogP contribution in [0.4, 0.5) is 0 Å². The summed E-state index contributed by atoms with van der Waals surface area (Å²) in [5.41, 5.74) is 0. The summed E-state index contributed by atoms with van der Waals surface area (Å²) in [7, 11) is 0. The molecule has 0 bridgehead atoms. The SMILES string of the molecule is CCCCCCCCCCCCCCCCC/C=C/C(O)C(CO)NC(=O)CCCCCCCCC/C=C\CCCCCCCCCCCCCCOC(=O)CCCCCCCCCCCCCCCCCC. The number of hydrogen-bond acceptors (Lipinski definition) is 5. The van der Waals surface area contributed by atoms with Gasteiger partial charge in [0.15, 0.2) is 0 Å². The Hall–Kier alpha value is -1.66. The summed E-state index contributed by atoms with van der Waals surface area (Å²) in [4.78, 5) is 24.6. The summed E-state index contributed by atoms with van der Waals surface area (Å²) in [5.74, 6) is -0.0567. The van der Waals surface area contributed by atoms with Gasteiger partial charge in [-0.05, 0) is 57.8 Å². The van der Waals surface area contributed by atoms with E-state index in [1.165, 1.54) is 295 Å². The van der Waals surface area contributed by atoms with Gasteiger partial charge in [0.2, 0.25) is 5.91 Å². The van der Waals surface area contributed by atoms with Crippen molar-refractivity contribution < 1.29 is 24.5 Å². The summed E-state index contributed by atoms with van der Waals surface area (Å²) < 4.78 is 5.50. The molecule has 0 heterocycles. The first kappa shape index (κ1) is 71.3. The third kappa shape index (κ3) is 59.4. The standard InChI is InChI=1S/C67H129NO5/c1-3-5-7-9-11-13-15-17-19-28-31-35-39-43-47-51-55-59-65(70)64(63-69)68-66(71)60-56-52-48-44-40-36-32-29-26-24-22-21-23-25-27-30-34-38-42-46-50-54-58-62-73-67(72)61-57-53-49-45-41-37-33-20-18-16-14-12-10-8-6-4-2/h24,26,55,59,64-65,69-70H,3-23,25,27-54,56-58,60-63H2,1-2H3,(H,68,71)/b26-24-,59-55+. The zero-order valence-corrected chi connectivity index (χ0v) is 49.4. The van der Waals surface area contributed by atoms with Gasteiger partial charge in [0.25, 0.3) is 0 Å². The van der Waals surface area contributed by atoms with E-state index in [4.69, 9.17) is 4.74 Å². The Morgan fingerprint density at radius 2 is 0.644 bits per heavy atom. The quantitative estimate of drug-likeness (QED) is 0.0320. The van der Waals surface area contributed by atoms with E-state index in [-0.39, 0.29) is 18.5 Å². The van der Waals surface area contributed by atoms with E-state index in [1.807, 2.05) is 6.08 Å². The van der Waals surface area contributed by atoms with Crippen molar-refractivity contribution in [3.8, 4) is 0 Å². The van der Waals surface area contributed by atoms with Gasteiger partial charge in [-0.25, -0.2) is 0 Å². The monoisotopic (exact) mass is 1030 g/mol. The average molecular weight is 1030 g/mol. The van der Waals surface area contributed by atoms with E-state index < -0.39 is 12.1 Å². The van der Waals surface area contributed by atoms with Crippen LogP contribution in [-0.2, 0) is 14.3 Å². The molecule has 432 valence electrons. The van der Waals surface area contributed by atoms with Crippen molar-refractivity contribution in [2.24, 2.45) is 0 Å². The molecule has 0 radical (unpaired) electrons. The number of aliphatic hydroxyl groups excluding tert-OH is 2. The van der Waals surface area contributed by atoms with Crippen LogP contribution in [0.2, 0.25) is 0 Å². The largest absolute Gasteiger partial charge is 0.466 e. The molecular weight excluding hydrogens is 899 g/mol. The zero-order chi connectivity index (χ0) is 52.9. The molecule has 2 atom stereocenters. The fourth-order valence-corrected chi connectivity index (χ4v) is 10.4. The van der Waals surface area contributed by atoms with E-state index in [9.17, 15) is 19.8 Å². The van der Waals surface area contributed by atoms with Crippen LogP contribution in [0, 0.1) is 0 Å². The molecule has 0 aliphatic carbocycles. The second-order valence-electron chi connectivity index (χ2n) is 22.8. The predicted octanol–water partition coefficient (Wildman–Crippen LogP) is 21.0. The van der Waals surface area contributed by atoms with Gasteiger partial charge < -0.3 is 20.3 Å². The maximum atomic E-state index is 12.5. The van der Waals surface area contributed by atoms with E-state index in [0.29, 0.717) is 19.4 Å². The smallest absolute Gasteiger partial charge is 0.305 e. The van der Waals surface area contributed by atoms with Crippen molar-refractivity contribution in [1.29, 1.82) is 0 Å². The molecule has 3 N–H and O–H groups in total. The molecule has 6 nitrogen and oxygen atoms in total. The molecule has 1 amide bonds. The number of nitrogens with one attached hydrogen (secondary N) is 1. The minimum atomic E-state index is -0.848. The molecule has 0 aromatic carbocycles. The second kappa shape index (κ2) is 62.9. The summed E-state index contributed by atoms with van der Waals surface area (Å²) in [6.45, 7) is 4.93. The van der Waals surface area contributed by atoms with Crippen molar-refractivity contribution in [1.82, 2.24) is 5.32 Å². The molecule has 2 unspecified atom stereocenters. The lowest BCUT2D eigenvalue weighted by Gasteiger charge is -2.20. The number of aliphatic hydroxyl groups is 2. The number of unbranched alkanes of at least 4 members (excludes halogenated alkanes) is 49. The lowest BCUT2D eigenvalue weighted by atomic mass is 10.0. The Kier molecular flexibility index (Phi) is 61.4. The lowest BCUT2D eigenvalue weighted by Crippen LogP contribution is -2.45. The Bertz CT molecular complexity index is 1140. The highest BCUT2D eigenvalue weighted by molar-refractivity contribution is 5.76. The fourth-order valence-electron chi connectivity index (χ4n) is 10.4. The number of carbonyl (C=O) groups is 2. The highest BCUT2D eigenvalue weighted by Gasteiger charge is 2.18. The van der Waals surface area contributed by atoms with Gasteiger partial charge in [0.1, 0.15) is 0 Å². The third-order valence-electron chi connectivity index (χ3n) is 15.5. The van der Waals surface area contributed by atoms with Crippen LogP contribution >= 0.6 is 0 Å². The molecule has 0 aromatic rings. The fraction of sp³-hybridized carbons (Fsp3) is 0.910. The number of esters is 1. The Labute approximate surface area is 456 Å². The normalized spacial score (nSPS) is 12.7. The van der Waals surface area contributed by atoms with Crippen LogP contribution in [0.1, 0.15) is 367 Å². The van der Waals surface area contributed by atoms with Gasteiger partial charge in [-0.1, -0.05) is 321 Å². The minimum Gasteiger partial charge on any atom is -0.466 e. The van der Waals surface area contributed by atoms with Crippen LogP contribution in [0.5, 0.6) is 0 Å². The first-order chi connectivity index (χ1) is 36.0. The summed E-state index contributed by atoms with van der Waals surface area (Å²) in [5, 5.41) is 23.2. The number of allylic oxidation sites excluding steroid dienone is 3. The van der Waals surface area contributed by atoms with Crippen molar-refractivity contribution in [3.63, 3.8) is 0 Å². The number of rotatable bonds is 62. The molecule has 0 rings (SSSR count). The van der Waals surface area contributed by atoms with Crippen LogP contribution < -0.4 is 5.32 Å². The number of amides is 1. The molecule has 0 saturated carbocycles. The Morgan fingerprint density at radius 3 is 0.973 bits per heavy atom. The highest BCUT2D eigenvalue weighted by atomic mass is 16.5. The summed E-state index contributed by atoms with van der Waals surface area (Å²) in [6, 6.07) is -0.632. The van der Waals surface area contributed by atoms with Crippen LogP contribution in [0.25, 0.3) is 0 Å². The molecule has 0 aliphatic heterocycles.